The van der Waals surface area contributed by atoms with Crippen LogP contribution in [0.4, 0.5) is 5.13 Å². The Morgan fingerprint density at radius 3 is 2.65 bits per heavy atom. The Bertz CT molecular complexity index is 390. The summed E-state index contributed by atoms with van der Waals surface area (Å²) in [7, 11) is 1.53. The van der Waals surface area contributed by atoms with Crippen LogP contribution in [0, 0.1) is 0 Å². The molecule has 0 aliphatic heterocycles. The number of hydrogen-bond acceptors (Lipinski definition) is 5. The summed E-state index contributed by atoms with van der Waals surface area (Å²) in [6.45, 7) is 7.17. The molecule has 0 fully saturated rings. The number of ether oxygens (including phenoxy) is 1. The van der Waals surface area contributed by atoms with E-state index in [-0.39, 0.29) is 11.5 Å². The van der Waals surface area contributed by atoms with Crippen LogP contribution >= 0.6 is 11.3 Å². The summed E-state index contributed by atoms with van der Waals surface area (Å²) in [5, 5.41) is 9.84. The van der Waals surface area contributed by atoms with Gasteiger partial charge < -0.3 is 14.7 Å². The number of carboxylic acids is 1. The second-order valence-corrected chi connectivity index (χ2v) is 4.87. The van der Waals surface area contributed by atoms with Crippen molar-refractivity contribution < 1.29 is 14.6 Å². The molecular formula is C11H18N2O3S. The molecule has 0 radical (unpaired) electrons. The van der Waals surface area contributed by atoms with E-state index >= 15 is 0 Å². The minimum atomic E-state index is -0.944. The minimum absolute atomic E-state index is 0.230. The molecule has 0 aliphatic rings. The average Bonchev–Trinajstić information content (AvgIpc) is 2.63. The summed E-state index contributed by atoms with van der Waals surface area (Å²) < 4.78 is 4.97. The lowest BCUT2D eigenvalue weighted by Crippen LogP contribution is -2.30. The molecule has 0 amide bonds. The monoisotopic (exact) mass is 258 g/mol. The molecule has 1 rings (SSSR count). The number of carbonyl (C=O) groups is 1. The topological polar surface area (TPSA) is 62.7 Å². The first kappa shape index (κ1) is 13.9. The fourth-order valence-corrected chi connectivity index (χ4v) is 2.69. The maximum Gasteiger partial charge on any atom is 0.347 e. The maximum atomic E-state index is 11.1. The summed E-state index contributed by atoms with van der Waals surface area (Å²) in [6, 6.07) is 0.295. The van der Waals surface area contributed by atoms with Crippen LogP contribution in [-0.2, 0) is 11.3 Å². The highest BCUT2D eigenvalue weighted by Crippen LogP contribution is 2.28. The van der Waals surface area contributed by atoms with Gasteiger partial charge in [-0.05, 0) is 20.8 Å². The molecule has 0 spiro atoms. The SMILES string of the molecule is CCN(c1nc(COC)c(C(=O)O)s1)C(C)C. The van der Waals surface area contributed by atoms with Gasteiger partial charge in [0.1, 0.15) is 4.88 Å². The largest absolute Gasteiger partial charge is 0.477 e. The van der Waals surface area contributed by atoms with E-state index < -0.39 is 5.97 Å². The molecule has 0 bridgehead atoms. The van der Waals surface area contributed by atoms with E-state index in [1.165, 1.54) is 18.4 Å². The van der Waals surface area contributed by atoms with Crippen molar-refractivity contribution >= 4 is 22.4 Å². The third-order valence-corrected chi connectivity index (χ3v) is 3.49. The van der Waals surface area contributed by atoms with Crippen LogP contribution in [0.5, 0.6) is 0 Å². The number of rotatable bonds is 6. The zero-order valence-corrected chi connectivity index (χ0v) is 11.4. The number of anilines is 1. The highest BCUT2D eigenvalue weighted by Gasteiger charge is 2.21. The quantitative estimate of drug-likeness (QED) is 0.847. The van der Waals surface area contributed by atoms with E-state index in [9.17, 15) is 4.79 Å². The van der Waals surface area contributed by atoms with Crippen molar-refractivity contribution in [1.82, 2.24) is 4.98 Å². The summed E-state index contributed by atoms with van der Waals surface area (Å²) in [6.07, 6.45) is 0. The van der Waals surface area contributed by atoms with Gasteiger partial charge in [-0.15, -0.1) is 0 Å². The fourth-order valence-electron chi connectivity index (χ4n) is 1.59. The Morgan fingerprint density at radius 2 is 2.24 bits per heavy atom. The van der Waals surface area contributed by atoms with E-state index in [2.05, 4.69) is 23.7 Å². The zero-order chi connectivity index (χ0) is 13.0. The molecule has 0 aromatic carbocycles. The molecule has 1 aromatic heterocycles. The van der Waals surface area contributed by atoms with Crippen molar-refractivity contribution in [3.8, 4) is 0 Å². The van der Waals surface area contributed by atoms with Crippen LogP contribution in [0.25, 0.3) is 0 Å². The van der Waals surface area contributed by atoms with Crippen LogP contribution in [-0.4, -0.2) is 35.8 Å². The molecule has 17 heavy (non-hydrogen) atoms. The molecular weight excluding hydrogens is 240 g/mol. The second-order valence-electron chi connectivity index (χ2n) is 3.89. The van der Waals surface area contributed by atoms with E-state index in [1.807, 2.05) is 6.92 Å². The Hall–Kier alpha value is -1.14. The van der Waals surface area contributed by atoms with Crippen molar-refractivity contribution in [2.45, 2.75) is 33.4 Å². The van der Waals surface area contributed by atoms with Crippen LogP contribution in [0.3, 0.4) is 0 Å². The lowest BCUT2D eigenvalue weighted by Gasteiger charge is -2.23. The molecule has 0 unspecified atom stereocenters. The molecule has 0 aliphatic carbocycles. The van der Waals surface area contributed by atoms with Crippen molar-refractivity contribution in [1.29, 1.82) is 0 Å². The molecule has 1 heterocycles. The summed E-state index contributed by atoms with van der Waals surface area (Å²) in [5.74, 6) is -0.944. The highest BCUT2D eigenvalue weighted by atomic mass is 32.1. The van der Waals surface area contributed by atoms with Gasteiger partial charge in [-0.25, -0.2) is 9.78 Å². The Morgan fingerprint density at radius 1 is 1.59 bits per heavy atom. The molecule has 0 saturated carbocycles. The van der Waals surface area contributed by atoms with Gasteiger partial charge in [-0.3, -0.25) is 0 Å². The first-order valence-corrected chi connectivity index (χ1v) is 6.31. The van der Waals surface area contributed by atoms with E-state index in [0.29, 0.717) is 11.7 Å². The van der Waals surface area contributed by atoms with Crippen LogP contribution in [0.2, 0.25) is 0 Å². The third kappa shape index (κ3) is 3.17. The van der Waals surface area contributed by atoms with Crippen LogP contribution < -0.4 is 4.90 Å². The van der Waals surface area contributed by atoms with Gasteiger partial charge in [0.25, 0.3) is 0 Å². The summed E-state index contributed by atoms with van der Waals surface area (Å²) >= 11 is 1.20. The normalized spacial score (nSPS) is 10.9. The summed E-state index contributed by atoms with van der Waals surface area (Å²) in [4.78, 5) is 17.8. The van der Waals surface area contributed by atoms with Gasteiger partial charge >= 0.3 is 5.97 Å². The molecule has 0 atom stereocenters. The maximum absolute atomic E-state index is 11.1. The van der Waals surface area contributed by atoms with Gasteiger partial charge in [-0.2, -0.15) is 0 Å². The predicted octanol–water partition coefficient (Wildman–Crippen LogP) is 2.22. The van der Waals surface area contributed by atoms with Crippen LogP contribution in [0.1, 0.15) is 36.1 Å². The van der Waals surface area contributed by atoms with Gasteiger partial charge in [0.2, 0.25) is 0 Å². The number of aromatic carboxylic acids is 1. The number of carboxylic acid groups (broad SMARTS) is 1. The molecule has 96 valence electrons. The smallest absolute Gasteiger partial charge is 0.347 e. The average molecular weight is 258 g/mol. The minimum Gasteiger partial charge on any atom is -0.477 e. The van der Waals surface area contributed by atoms with Crippen molar-refractivity contribution in [2.75, 3.05) is 18.6 Å². The number of thiazole rings is 1. The predicted molar refractivity (Wildman–Crippen MR) is 67.9 cm³/mol. The molecule has 0 saturated heterocycles. The molecule has 5 nitrogen and oxygen atoms in total. The first-order chi connectivity index (χ1) is 8.01. The van der Waals surface area contributed by atoms with E-state index in [0.717, 1.165) is 11.7 Å². The molecule has 1 N–H and O–H groups in total. The van der Waals surface area contributed by atoms with Crippen molar-refractivity contribution in [2.24, 2.45) is 0 Å². The Balaban J connectivity index is 3.09. The third-order valence-electron chi connectivity index (χ3n) is 2.37. The van der Waals surface area contributed by atoms with E-state index in [4.69, 9.17) is 9.84 Å². The highest BCUT2D eigenvalue weighted by molar-refractivity contribution is 7.17. The molecule has 6 heteroatoms. The summed E-state index contributed by atoms with van der Waals surface area (Å²) in [5.41, 5.74) is 0.499. The number of methoxy groups -OCH3 is 1. The van der Waals surface area contributed by atoms with Crippen LogP contribution in [0.15, 0.2) is 0 Å². The first-order valence-electron chi connectivity index (χ1n) is 5.49. The van der Waals surface area contributed by atoms with Crippen molar-refractivity contribution in [3.05, 3.63) is 10.6 Å². The number of hydrogen-bond donors (Lipinski definition) is 1. The lowest BCUT2D eigenvalue weighted by atomic mass is 10.3. The standard InChI is InChI=1S/C11H18N2O3S/c1-5-13(7(2)3)11-12-8(6-16-4)9(17-11)10(14)15/h7H,5-6H2,1-4H3,(H,14,15). The van der Waals surface area contributed by atoms with Gasteiger partial charge in [0.15, 0.2) is 5.13 Å². The van der Waals surface area contributed by atoms with E-state index in [1.54, 1.807) is 0 Å². The van der Waals surface area contributed by atoms with Gasteiger partial charge in [-0.1, -0.05) is 11.3 Å². The van der Waals surface area contributed by atoms with Gasteiger partial charge in [0, 0.05) is 19.7 Å². The molecule has 1 aromatic rings. The lowest BCUT2D eigenvalue weighted by molar-refractivity contribution is 0.0697. The number of aromatic nitrogens is 1. The van der Waals surface area contributed by atoms with Crippen molar-refractivity contribution in [3.63, 3.8) is 0 Å². The number of nitrogens with zero attached hydrogens (tertiary/aromatic N) is 2. The zero-order valence-electron chi connectivity index (χ0n) is 10.6. The Kier molecular flexibility index (Phi) is 4.89. The van der Waals surface area contributed by atoms with Gasteiger partial charge in [0.05, 0.1) is 12.3 Å². The Labute approximate surface area is 105 Å². The second kappa shape index (κ2) is 5.97. The fraction of sp³-hybridized carbons (Fsp3) is 0.636.